The first-order chi connectivity index (χ1) is 9.31. The Balaban J connectivity index is -0.000000122. The van der Waals surface area contributed by atoms with Crippen LogP contribution in [0, 0.1) is 11.1 Å². The minimum absolute atomic E-state index is 0. The summed E-state index contributed by atoms with van der Waals surface area (Å²) in [6, 6.07) is 0. The van der Waals surface area contributed by atoms with Crippen molar-refractivity contribution < 1.29 is 14.7 Å². The third-order valence-corrected chi connectivity index (χ3v) is 5.06. The lowest BCUT2D eigenvalue weighted by atomic mass is 10.5. The average molecular weight is 615 g/mol. The van der Waals surface area contributed by atoms with Crippen LogP contribution in [-0.2, 0) is 9.59 Å². The highest BCUT2D eigenvalue weighted by atomic mass is 79.9. The van der Waals surface area contributed by atoms with Crippen LogP contribution in [0.4, 0.5) is 0 Å². The number of carboxylic acid groups (broad SMARTS) is 1. The van der Waals surface area contributed by atoms with E-state index in [-0.39, 0.29) is 39.3 Å². The largest absolute Gasteiger partial charge is 0.477 e. The summed E-state index contributed by atoms with van der Waals surface area (Å²) in [5, 5.41) is 14.0. The fourth-order valence-corrected chi connectivity index (χ4v) is 1.25. The van der Waals surface area contributed by atoms with Crippen molar-refractivity contribution in [1.29, 1.82) is 11.1 Å². The second kappa shape index (κ2) is 17.2. The Hall–Kier alpha value is -0.140. The van der Waals surface area contributed by atoms with Gasteiger partial charge in [-0.25, -0.2) is 21.0 Å². The monoisotopic (exact) mass is 610 g/mol. The van der Waals surface area contributed by atoms with E-state index in [1.165, 1.54) is 6.20 Å². The van der Waals surface area contributed by atoms with Crippen molar-refractivity contribution in [2.45, 2.75) is 0 Å². The molecule has 0 aliphatic rings. The quantitative estimate of drug-likeness (QED) is 0.226. The molecule has 22 heavy (non-hydrogen) atoms. The van der Waals surface area contributed by atoms with Gasteiger partial charge in [0.2, 0.25) is 0 Å². The maximum Gasteiger partial charge on any atom is 0.344 e. The van der Waals surface area contributed by atoms with Crippen LogP contribution in [0.25, 0.3) is 0 Å². The Morgan fingerprint density at radius 1 is 1.27 bits per heavy atom. The summed E-state index contributed by atoms with van der Waals surface area (Å²) in [7, 11) is 0. The lowest BCUT2D eigenvalue weighted by Crippen LogP contribution is -2.07. The number of aldehydes is 1. The predicted octanol–water partition coefficient (Wildman–Crippen LogP) is 4.01. The Labute approximate surface area is 170 Å². The van der Waals surface area contributed by atoms with Gasteiger partial charge in [-0.05, 0) is 63.7 Å². The molecular formula is C8H8Br4Cl2N4O4. The van der Waals surface area contributed by atoms with Gasteiger partial charge in [-0.1, -0.05) is 0 Å². The average Bonchev–Trinajstić information content (AvgIpc) is 2.45. The number of aromatic nitrogens is 2. The summed E-state index contributed by atoms with van der Waals surface area (Å²) in [6.45, 7) is 0. The summed E-state index contributed by atoms with van der Waals surface area (Å²) in [4.78, 5) is 30.5. The molecule has 0 radical (unpaired) electrons. The van der Waals surface area contributed by atoms with Crippen molar-refractivity contribution in [3.8, 4) is 0 Å². The van der Waals surface area contributed by atoms with Gasteiger partial charge < -0.3 is 5.11 Å². The SMILES string of the molecule is Cl.Cl.N=N.O=C/C(Br)=C(/Br)C(=O)O.O=c1[nH]ncc(Br)c1Br. The predicted molar refractivity (Wildman–Crippen MR) is 98.8 cm³/mol. The molecule has 0 unspecified atom stereocenters. The summed E-state index contributed by atoms with van der Waals surface area (Å²) in [6.07, 6.45) is 1.91. The van der Waals surface area contributed by atoms with Gasteiger partial charge in [0.25, 0.3) is 5.56 Å². The van der Waals surface area contributed by atoms with Gasteiger partial charge >= 0.3 is 5.97 Å². The van der Waals surface area contributed by atoms with Crippen molar-refractivity contribution in [3.63, 3.8) is 0 Å². The number of allylic oxidation sites excluding steroid dienone is 1. The molecule has 1 aromatic rings. The summed E-state index contributed by atoms with van der Waals surface area (Å²) >= 11 is 11.6. The number of hydrogen-bond acceptors (Lipinski definition) is 6. The van der Waals surface area contributed by atoms with Gasteiger partial charge in [-0.3, -0.25) is 9.59 Å². The Kier molecular flexibility index (Phi) is 23.3. The zero-order valence-corrected chi connectivity index (χ0v) is 18.1. The minimum Gasteiger partial charge on any atom is -0.477 e. The molecule has 0 saturated heterocycles. The van der Waals surface area contributed by atoms with Crippen molar-refractivity contribution in [3.05, 3.63) is 34.5 Å². The van der Waals surface area contributed by atoms with E-state index < -0.39 is 5.97 Å². The molecule has 4 N–H and O–H groups in total. The van der Waals surface area contributed by atoms with Crippen LogP contribution >= 0.6 is 88.5 Å². The van der Waals surface area contributed by atoms with E-state index in [1.807, 2.05) is 0 Å². The fourth-order valence-electron chi connectivity index (χ4n) is 0.516. The number of nitrogens with zero attached hydrogens (tertiary/aromatic N) is 1. The number of aromatic amines is 1. The van der Waals surface area contributed by atoms with Gasteiger partial charge in [0, 0.05) is 0 Å². The number of H-pyrrole nitrogens is 1. The first-order valence-electron chi connectivity index (χ1n) is 4.18. The van der Waals surface area contributed by atoms with E-state index >= 15 is 0 Å². The molecule has 0 bridgehead atoms. The molecule has 0 aliphatic carbocycles. The lowest BCUT2D eigenvalue weighted by molar-refractivity contribution is -0.131. The van der Waals surface area contributed by atoms with Crippen molar-refractivity contribution >= 4 is 101 Å². The van der Waals surface area contributed by atoms with Crippen LogP contribution < -0.4 is 5.56 Å². The lowest BCUT2D eigenvalue weighted by Gasteiger charge is -1.88. The first kappa shape index (κ1) is 29.8. The summed E-state index contributed by atoms with van der Waals surface area (Å²) < 4.78 is 0.955. The Bertz CT molecular complexity index is 569. The molecule has 126 valence electrons. The van der Waals surface area contributed by atoms with Crippen LogP contribution in [-0.4, -0.2) is 27.6 Å². The standard InChI is InChI=1S/C4H2Br2N2O.C4H2Br2O3.2ClH.H2N2/c5-2-1-7-8-4(9)3(2)6;5-2(1-7)3(6)4(8)9;;;1-2/h2*1H,(H,8,9);2*1H;1-2H/b;3-2-;;;. The molecule has 0 aromatic carbocycles. The molecule has 1 rings (SSSR count). The fraction of sp³-hybridized carbons (Fsp3) is 0. The number of carbonyl (C=O) groups is 2. The topological polar surface area (TPSA) is 148 Å². The summed E-state index contributed by atoms with van der Waals surface area (Å²) in [5.74, 6) is -1.17. The molecule has 1 heterocycles. The molecule has 8 nitrogen and oxygen atoms in total. The number of hydrogen-bond donors (Lipinski definition) is 4. The van der Waals surface area contributed by atoms with Crippen molar-refractivity contribution in [1.82, 2.24) is 10.2 Å². The van der Waals surface area contributed by atoms with Gasteiger partial charge in [-0.2, -0.15) is 5.10 Å². The van der Waals surface area contributed by atoms with Crippen LogP contribution in [0.5, 0.6) is 0 Å². The van der Waals surface area contributed by atoms with Crippen LogP contribution in [0.3, 0.4) is 0 Å². The van der Waals surface area contributed by atoms with Gasteiger partial charge in [0.15, 0.2) is 6.29 Å². The maximum absolute atomic E-state index is 10.6. The highest BCUT2D eigenvalue weighted by Gasteiger charge is 2.06. The van der Waals surface area contributed by atoms with Crippen LogP contribution in [0.2, 0.25) is 0 Å². The van der Waals surface area contributed by atoms with Gasteiger partial charge in [-0.15, -0.1) is 24.8 Å². The molecule has 0 amide bonds. The molecular weight excluding hydrogens is 607 g/mol. The molecule has 1 aromatic heterocycles. The van der Waals surface area contributed by atoms with E-state index in [0.29, 0.717) is 15.2 Å². The number of rotatable bonds is 2. The van der Waals surface area contributed by atoms with E-state index in [0.717, 1.165) is 0 Å². The van der Waals surface area contributed by atoms with Crippen LogP contribution in [0.1, 0.15) is 0 Å². The Morgan fingerprint density at radius 3 is 1.95 bits per heavy atom. The van der Waals surface area contributed by atoms with Crippen molar-refractivity contribution in [2.24, 2.45) is 0 Å². The van der Waals surface area contributed by atoms with Crippen LogP contribution in [0.15, 0.2) is 28.9 Å². The molecule has 0 atom stereocenters. The maximum atomic E-state index is 10.6. The number of carbonyl (C=O) groups excluding carboxylic acids is 1. The Morgan fingerprint density at radius 2 is 1.73 bits per heavy atom. The number of aliphatic carboxylic acids is 1. The van der Waals surface area contributed by atoms with E-state index in [4.69, 9.17) is 16.2 Å². The normalized spacial score (nSPS) is 9.09. The zero-order valence-electron chi connectivity index (χ0n) is 10.1. The third-order valence-electron chi connectivity index (χ3n) is 1.25. The highest BCUT2D eigenvalue weighted by molar-refractivity contribution is 9.14. The smallest absolute Gasteiger partial charge is 0.344 e. The zero-order chi connectivity index (χ0) is 16.3. The van der Waals surface area contributed by atoms with E-state index in [1.54, 1.807) is 0 Å². The molecule has 0 aliphatic heterocycles. The first-order valence-corrected chi connectivity index (χ1v) is 7.35. The molecule has 0 spiro atoms. The van der Waals surface area contributed by atoms with Gasteiger partial charge in [0.1, 0.15) is 4.48 Å². The minimum atomic E-state index is -1.17. The highest BCUT2D eigenvalue weighted by Crippen LogP contribution is 2.15. The second-order valence-electron chi connectivity index (χ2n) is 2.45. The molecule has 0 fully saturated rings. The van der Waals surface area contributed by atoms with E-state index in [9.17, 15) is 14.4 Å². The number of carboxylic acids is 1. The van der Waals surface area contributed by atoms with Gasteiger partial charge in [0.05, 0.1) is 19.6 Å². The molecule has 14 heteroatoms. The number of nitrogens with one attached hydrogen (secondary N) is 3. The molecule has 0 saturated carbocycles. The van der Waals surface area contributed by atoms with Crippen molar-refractivity contribution in [2.75, 3.05) is 0 Å². The summed E-state index contributed by atoms with van der Waals surface area (Å²) in [5.41, 5.74) is 9.77. The number of halogens is 6. The second-order valence-corrected chi connectivity index (χ2v) is 5.74. The third kappa shape index (κ3) is 12.4. The van der Waals surface area contributed by atoms with E-state index in [2.05, 4.69) is 73.9 Å².